The van der Waals surface area contributed by atoms with Gasteiger partial charge in [-0.1, -0.05) is 24.1 Å². The molecule has 8 heteroatoms. The first-order valence-electron chi connectivity index (χ1n) is 11.1. The maximum atomic E-state index is 15.2. The summed E-state index contributed by atoms with van der Waals surface area (Å²) in [4.78, 5) is 22.7. The van der Waals surface area contributed by atoms with E-state index in [1.54, 1.807) is 34.8 Å². The van der Waals surface area contributed by atoms with Crippen molar-refractivity contribution in [3.05, 3.63) is 66.9 Å². The summed E-state index contributed by atoms with van der Waals surface area (Å²) in [5, 5.41) is 5.34. The molecule has 34 heavy (non-hydrogen) atoms. The van der Waals surface area contributed by atoms with Gasteiger partial charge in [-0.2, -0.15) is 5.10 Å². The zero-order valence-electron chi connectivity index (χ0n) is 18.6. The highest BCUT2D eigenvalue weighted by Gasteiger charge is 2.29. The van der Waals surface area contributed by atoms with Crippen LogP contribution in [0.5, 0.6) is 11.5 Å². The fourth-order valence-electron chi connectivity index (χ4n) is 4.29. The van der Waals surface area contributed by atoms with Crippen LogP contribution in [0.15, 0.2) is 61.1 Å². The van der Waals surface area contributed by atoms with Crippen molar-refractivity contribution in [1.82, 2.24) is 24.6 Å². The van der Waals surface area contributed by atoms with Crippen molar-refractivity contribution in [2.24, 2.45) is 0 Å². The summed E-state index contributed by atoms with van der Waals surface area (Å²) in [7, 11) is 0. The highest BCUT2D eigenvalue weighted by molar-refractivity contribution is 5.94. The average molecular weight is 455 g/mol. The SMILES string of the molecule is CC#CC(=O)N1CCCC1Cn1nc(-c2ccc(Oc3ccccc3)cc2F)c2cncnc21. The molecular weight excluding hydrogens is 433 g/mol. The van der Waals surface area contributed by atoms with Crippen LogP contribution in [-0.4, -0.2) is 43.1 Å². The second kappa shape index (κ2) is 9.32. The second-order valence-corrected chi connectivity index (χ2v) is 8.02. The van der Waals surface area contributed by atoms with Crippen molar-refractivity contribution in [1.29, 1.82) is 0 Å². The summed E-state index contributed by atoms with van der Waals surface area (Å²) in [5.74, 6) is 5.67. The Morgan fingerprint density at radius 2 is 2.06 bits per heavy atom. The first-order valence-corrected chi connectivity index (χ1v) is 11.1. The molecule has 3 heterocycles. The quantitative estimate of drug-likeness (QED) is 0.416. The van der Waals surface area contributed by atoms with Gasteiger partial charge in [0.25, 0.3) is 5.91 Å². The summed E-state index contributed by atoms with van der Waals surface area (Å²) in [6.07, 6.45) is 4.83. The maximum absolute atomic E-state index is 15.2. The van der Waals surface area contributed by atoms with E-state index in [0.717, 1.165) is 12.8 Å². The van der Waals surface area contributed by atoms with Crippen molar-refractivity contribution in [3.63, 3.8) is 0 Å². The van der Waals surface area contributed by atoms with Crippen LogP contribution in [0.3, 0.4) is 0 Å². The Bertz CT molecular complexity index is 1410. The molecule has 1 amide bonds. The summed E-state index contributed by atoms with van der Waals surface area (Å²) < 4.78 is 22.7. The summed E-state index contributed by atoms with van der Waals surface area (Å²) in [6, 6.07) is 13.9. The van der Waals surface area contributed by atoms with E-state index in [-0.39, 0.29) is 11.9 Å². The van der Waals surface area contributed by atoms with E-state index in [1.807, 2.05) is 30.3 Å². The van der Waals surface area contributed by atoms with Crippen LogP contribution >= 0.6 is 0 Å². The molecule has 0 saturated carbocycles. The number of aromatic nitrogens is 4. The molecule has 1 fully saturated rings. The number of hydrogen-bond donors (Lipinski definition) is 0. The Hall–Kier alpha value is -4.25. The van der Waals surface area contributed by atoms with Gasteiger partial charge in [-0.25, -0.2) is 19.0 Å². The summed E-state index contributed by atoms with van der Waals surface area (Å²) >= 11 is 0. The van der Waals surface area contributed by atoms with Crippen LogP contribution in [0.4, 0.5) is 4.39 Å². The Kier molecular flexibility index (Phi) is 5.91. The lowest BCUT2D eigenvalue weighted by molar-refractivity contribution is -0.126. The molecule has 170 valence electrons. The van der Waals surface area contributed by atoms with Gasteiger partial charge < -0.3 is 9.64 Å². The molecule has 0 bridgehead atoms. The molecule has 1 saturated heterocycles. The minimum atomic E-state index is -0.459. The molecule has 2 aromatic heterocycles. The van der Waals surface area contributed by atoms with Crippen LogP contribution < -0.4 is 4.74 Å². The van der Waals surface area contributed by atoms with Gasteiger partial charge in [-0.15, -0.1) is 0 Å². The van der Waals surface area contributed by atoms with E-state index >= 15 is 4.39 Å². The summed E-state index contributed by atoms with van der Waals surface area (Å²) in [6.45, 7) is 2.76. The van der Waals surface area contributed by atoms with E-state index in [0.29, 0.717) is 46.9 Å². The van der Waals surface area contributed by atoms with Crippen molar-refractivity contribution >= 4 is 16.9 Å². The highest BCUT2D eigenvalue weighted by atomic mass is 19.1. The zero-order chi connectivity index (χ0) is 23.5. The average Bonchev–Trinajstić information content (AvgIpc) is 3.46. The number of para-hydroxylation sites is 1. The molecule has 0 N–H and O–H groups in total. The monoisotopic (exact) mass is 455 g/mol. The van der Waals surface area contributed by atoms with Crippen LogP contribution in [0.2, 0.25) is 0 Å². The highest BCUT2D eigenvalue weighted by Crippen LogP contribution is 2.32. The number of halogens is 1. The van der Waals surface area contributed by atoms with Crippen molar-refractivity contribution in [2.75, 3.05) is 6.54 Å². The van der Waals surface area contributed by atoms with Gasteiger partial charge in [0.2, 0.25) is 0 Å². The Labute approximate surface area is 196 Å². The number of likely N-dealkylation sites (tertiary alicyclic amines) is 1. The van der Waals surface area contributed by atoms with Gasteiger partial charge >= 0.3 is 0 Å². The number of amides is 1. The lowest BCUT2D eigenvalue weighted by Crippen LogP contribution is -2.37. The van der Waals surface area contributed by atoms with Crippen LogP contribution in [0, 0.1) is 17.7 Å². The van der Waals surface area contributed by atoms with E-state index in [1.165, 1.54) is 12.4 Å². The molecular formula is C26H22FN5O2. The molecule has 4 aromatic rings. The lowest BCUT2D eigenvalue weighted by Gasteiger charge is -2.22. The van der Waals surface area contributed by atoms with E-state index < -0.39 is 5.82 Å². The predicted octanol–water partition coefficient (Wildman–Crippen LogP) is 4.44. The van der Waals surface area contributed by atoms with Crippen molar-refractivity contribution < 1.29 is 13.9 Å². The Morgan fingerprint density at radius 3 is 2.85 bits per heavy atom. The first-order chi connectivity index (χ1) is 16.6. The lowest BCUT2D eigenvalue weighted by atomic mass is 10.1. The van der Waals surface area contributed by atoms with Gasteiger partial charge in [0, 0.05) is 24.4 Å². The number of rotatable bonds is 5. The maximum Gasteiger partial charge on any atom is 0.298 e. The van der Waals surface area contributed by atoms with E-state index in [2.05, 4.69) is 21.8 Å². The van der Waals surface area contributed by atoms with Gasteiger partial charge in [0.15, 0.2) is 5.65 Å². The van der Waals surface area contributed by atoms with Gasteiger partial charge in [-0.05, 0) is 50.0 Å². The van der Waals surface area contributed by atoms with Crippen LogP contribution in [0.25, 0.3) is 22.3 Å². The number of nitrogens with zero attached hydrogens (tertiary/aromatic N) is 5. The number of carbonyl (C=O) groups is 1. The van der Waals surface area contributed by atoms with Crippen molar-refractivity contribution in [2.45, 2.75) is 32.4 Å². The van der Waals surface area contributed by atoms with E-state index in [4.69, 9.17) is 9.84 Å². The molecule has 0 aliphatic carbocycles. The largest absolute Gasteiger partial charge is 0.457 e. The van der Waals surface area contributed by atoms with Gasteiger partial charge in [0.1, 0.15) is 29.3 Å². The second-order valence-electron chi connectivity index (χ2n) is 8.02. The van der Waals surface area contributed by atoms with E-state index in [9.17, 15) is 4.79 Å². The molecule has 0 radical (unpaired) electrons. The number of benzene rings is 2. The Morgan fingerprint density at radius 1 is 1.21 bits per heavy atom. The zero-order valence-corrected chi connectivity index (χ0v) is 18.6. The third kappa shape index (κ3) is 4.20. The smallest absolute Gasteiger partial charge is 0.298 e. The third-order valence-electron chi connectivity index (χ3n) is 5.84. The third-order valence-corrected chi connectivity index (χ3v) is 5.84. The number of ether oxygens (including phenoxy) is 1. The fraction of sp³-hybridized carbons (Fsp3) is 0.231. The minimum Gasteiger partial charge on any atom is -0.457 e. The summed E-state index contributed by atoms with van der Waals surface area (Å²) in [5.41, 5.74) is 1.37. The minimum absolute atomic E-state index is 0.0502. The first kappa shape index (κ1) is 21.6. The molecule has 7 nitrogen and oxygen atoms in total. The van der Waals surface area contributed by atoms with Gasteiger partial charge in [-0.3, -0.25) is 4.79 Å². The predicted molar refractivity (Wildman–Crippen MR) is 125 cm³/mol. The fourth-order valence-corrected chi connectivity index (χ4v) is 4.29. The molecule has 5 rings (SSSR count). The number of carbonyl (C=O) groups excluding carboxylic acids is 1. The number of fused-ring (bicyclic) bond motifs is 1. The molecule has 1 atom stereocenters. The van der Waals surface area contributed by atoms with Crippen LogP contribution in [-0.2, 0) is 11.3 Å². The molecule has 0 spiro atoms. The molecule has 1 aliphatic rings. The molecule has 2 aromatic carbocycles. The molecule has 1 aliphatic heterocycles. The number of hydrogen-bond acceptors (Lipinski definition) is 5. The van der Waals surface area contributed by atoms with Crippen LogP contribution in [0.1, 0.15) is 19.8 Å². The molecule has 1 unspecified atom stereocenters. The van der Waals surface area contributed by atoms with Crippen molar-refractivity contribution in [3.8, 4) is 34.6 Å². The standard InChI is InChI=1S/C26H22FN5O2/c1-2-7-24(33)31-13-6-8-18(31)16-32-26-22(15-28-17-29-26)25(30-32)21-12-11-20(14-23(21)27)34-19-9-4-3-5-10-19/h3-5,9-12,14-15,17-18H,6,8,13,16H2,1H3. The topological polar surface area (TPSA) is 73.1 Å². The normalized spacial score (nSPS) is 15.2. The Balaban J connectivity index is 1.47. The van der Waals surface area contributed by atoms with Gasteiger partial charge in [0.05, 0.1) is 18.0 Å².